The number of thiophene rings is 1. The van der Waals surface area contributed by atoms with Crippen LogP contribution in [-0.4, -0.2) is 80.1 Å². The van der Waals surface area contributed by atoms with Gasteiger partial charge in [0.1, 0.15) is 11.6 Å². The van der Waals surface area contributed by atoms with E-state index in [4.69, 9.17) is 14.5 Å². The van der Waals surface area contributed by atoms with E-state index in [0.29, 0.717) is 50.8 Å². The fraction of sp³-hybridized carbons (Fsp3) is 0.423. The zero-order chi connectivity index (χ0) is 24.9. The van der Waals surface area contributed by atoms with Gasteiger partial charge in [-0.2, -0.15) is 0 Å². The molecule has 1 aromatic carbocycles. The Hall–Kier alpha value is -3.17. The highest BCUT2D eigenvalue weighted by Gasteiger charge is 2.25. The number of aryl methyl sites for hydroxylation is 1. The maximum Gasteiger partial charge on any atom is 0.264 e. The lowest BCUT2D eigenvalue weighted by Crippen LogP contribution is -2.48. The number of pyridine rings is 1. The third kappa shape index (κ3) is 5.74. The number of aromatic nitrogens is 1. The van der Waals surface area contributed by atoms with E-state index >= 15 is 0 Å². The molecule has 0 spiro atoms. The van der Waals surface area contributed by atoms with Crippen LogP contribution < -0.4 is 9.64 Å². The molecule has 0 N–H and O–H groups in total. The van der Waals surface area contributed by atoms with Crippen molar-refractivity contribution < 1.29 is 19.1 Å². The summed E-state index contributed by atoms with van der Waals surface area (Å²) in [6.07, 6.45) is 0. The largest absolute Gasteiger partial charge is 0.497 e. The first-order chi connectivity index (χ1) is 16.9. The maximum absolute atomic E-state index is 13.4. The van der Waals surface area contributed by atoms with Gasteiger partial charge in [-0.1, -0.05) is 0 Å². The van der Waals surface area contributed by atoms with Crippen molar-refractivity contribution in [3.63, 3.8) is 0 Å². The molecule has 2 amide bonds. The number of anilines is 1. The Morgan fingerprint density at radius 2 is 1.86 bits per heavy atom. The van der Waals surface area contributed by atoms with Crippen molar-refractivity contribution in [2.75, 3.05) is 58.5 Å². The minimum absolute atomic E-state index is 0.0117. The van der Waals surface area contributed by atoms with Crippen LogP contribution in [0.1, 0.15) is 27.0 Å². The van der Waals surface area contributed by atoms with Crippen LogP contribution in [0.25, 0.3) is 10.9 Å². The number of ether oxygens (including phenoxy) is 2. The smallest absolute Gasteiger partial charge is 0.264 e. The zero-order valence-corrected chi connectivity index (χ0v) is 21.6. The molecule has 0 unspecified atom stereocenters. The number of hydrogen-bond donors (Lipinski definition) is 0. The molecule has 0 radical (unpaired) electrons. The molecule has 0 saturated carbocycles. The van der Waals surface area contributed by atoms with Gasteiger partial charge >= 0.3 is 0 Å². The summed E-state index contributed by atoms with van der Waals surface area (Å²) in [5.74, 6) is 1.66. The average Bonchev–Trinajstić information content (AvgIpc) is 3.31. The third-order valence-electron chi connectivity index (χ3n) is 6.27. The molecule has 0 bridgehead atoms. The summed E-state index contributed by atoms with van der Waals surface area (Å²) < 4.78 is 10.7. The van der Waals surface area contributed by atoms with Crippen LogP contribution >= 0.6 is 11.3 Å². The summed E-state index contributed by atoms with van der Waals surface area (Å²) in [6.45, 7) is 7.60. The number of methoxy groups -OCH3 is 2. The van der Waals surface area contributed by atoms with Gasteiger partial charge in [0.05, 0.1) is 24.1 Å². The molecule has 35 heavy (non-hydrogen) atoms. The van der Waals surface area contributed by atoms with Gasteiger partial charge in [0.25, 0.3) is 5.91 Å². The molecule has 3 aromatic rings. The van der Waals surface area contributed by atoms with Gasteiger partial charge in [0, 0.05) is 75.2 Å². The topological polar surface area (TPSA) is 75.2 Å². The first-order valence-electron chi connectivity index (χ1n) is 11.7. The summed E-state index contributed by atoms with van der Waals surface area (Å²) in [5.41, 5.74) is 1.80. The Morgan fingerprint density at radius 1 is 1.09 bits per heavy atom. The van der Waals surface area contributed by atoms with Gasteiger partial charge < -0.3 is 24.2 Å². The Balaban J connectivity index is 1.70. The molecule has 4 rings (SSSR count). The second-order valence-corrected chi connectivity index (χ2v) is 9.94. The molecule has 1 fully saturated rings. The van der Waals surface area contributed by atoms with Crippen LogP contribution in [0.4, 0.5) is 5.82 Å². The van der Waals surface area contributed by atoms with E-state index < -0.39 is 0 Å². The van der Waals surface area contributed by atoms with Crippen molar-refractivity contribution in [1.82, 2.24) is 14.8 Å². The summed E-state index contributed by atoms with van der Waals surface area (Å²) in [7, 11) is 3.28. The predicted molar refractivity (Wildman–Crippen MR) is 138 cm³/mol. The molecule has 186 valence electrons. The number of rotatable bonds is 8. The fourth-order valence-electron chi connectivity index (χ4n) is 4.30. The number of hydrogen-bond acceptors (Lipinski definition) is 7. The van der Waals surface area contributed by atoms with Crippen molar-refractivity contribution in [3.05, 3.63) is 51.7 Å². The molecule has 1 aliphatic rings. The molecular weight excluding hydrogens is 464 g/mol. The van der Waals surface area contributed by atoms with E-state index in [1.54, 1.807) is 21.1 Å². The average molecular weight is 497 g/mol. The minimum atomic E-state index is -0.0117. The van der Waals surface area contributed by atoms with E-state index in [1.165, 1.54) is 11.3 Å². The molecule has 0 aliphatic carbocycles. The number of nitrogens with zero attached hydrogens (tertiary/aromatic N) is 4. The molecule has 9 heteroatoms. The van der Waals surface area contributed by atoms with Crippen LogP contribution in [0.5, 0.6) is 5.75 Å². The number of carbonyl (C=O) groups is 2. The first-order valence-corrected chi connectivity index (χ1v) is 12.5. The van der Waals surface area contributed by atoms with Gasteiger partial charge in [-0.3, -0.25) is 9.59 Å². The van der Waals surface area contributed by atoms with E-state index in [9.17, 15) is 9.59 Å². The first kappa shape index (κ1) is 24.9. The summed E-state index contributed by atoms with van der Waals surface area (Å²) in [5, 5.41) is 0.984. The molecule has 8 nitrogen and oxygen atoms in total. The van der Waals surface area contributed by atoms with Crippen LogP contribution in [0.15, 0.2) is 36.4 Å². The number of fused-ring (bicyclic) bond motifs is 1. The molecular formula is C26H32N4O4S. The van der Waals surface area contributed by atoms with Crippen LogP contribution in [0.2, 0.25) is 0 Å². The van der Waals surface area contributed by atoms with Crippen LogP contribution in [0, 0.1) is 6.92 Å². The molecule has 0 atom stereocenters. The van der Waals surface area contributed by atoms with Crippen LogP contribution in [0.3, 0.4) is 0 Å². The number of carbonyl (C=O) groups excluding carboxylic acids is 2. The highest BCUT2D eigenvalue weighted by molar-refractivity contribution is 7.13. The second kappa shape index (κ2) is 11.0. The Morgan fingerprint density at radius 3 is 2.49 bits per heavy atom. The number of piperazine rings is 1. The van der Waals surface area contributed by atoms with Gasteiger partial charge in [0.15, 0.2) is 0 Å². The molecule has 3 heterocycles. The Labute approximate surface area is 210 Å². The normalized spacial score (nSPS) is 13.8. The SMILES string of the molecule is COCCN(Cc1cc2ccc(OC)cc2nc1N1CCN(C(C)=O)CC1)C(=O)c1ccc(C)s1. The van der Waals surface area contributed by atoms with Crippen molar-refractivity contribution in [2.45, 2.75) is 20.4 Å². The van der Waals surface area contributed by atoms with E-state index in [0.717, 1.165) is 32.9 Å². The highest BCUT2D eigenvalue weighted by atomic mass is 32.1. The van der Waals surface area contributed by atoms with Crippen molar-refractivity contribution in [2.24, 2.45) is 0 Å². The molecule has 1 aliphatic heterocycles. The molecule has 1 saturated heterocycles. The quantitative estimate of drug-likeness (QED) is 0.475. The van der Waals surface area contributed by atoms with Crippen LogP contribution in [-0.2, 0) is 16.1 Å². The van der Waals surface area contributed by atoms with E-state index in [1.807, 2.05) is 47.1 Å². The number of amides is 2. The summed E-state index contributed by atoms with van der Waals surface area (Å²) in [6, 6.07) is 11.8. The zero-order valence-electron chi connectivity index (χ0n) is 20.7. The Bertz CT molecular complexity index is 1200. The monoisotopic (exact) mass is 496 g/mol. The van der Waals surface area contributed by atoms with E-state index in [2.05, 4.69) is 11.0 Å². The maximum atomic E-state index is 13.4. The van der Waals surface area contributed by atoms with Gasteiger partial charge in [0.2, 0.25) is 5.91 Å². The summed E-state index contributed by atoms with van der Waals surface area (Å²) >= 11 is 1.50. The molecule has 2 aromatic heterocycles. The van der Waals surface area contributed by atoms with Crippen molar-refractivity contribution >= 4 is 39.9 Å². The fourth-order valence-corrected chi connectivity index (χ4v) is 5.13. The third-order valence-corrected chi connectivity index (χ3v) is 7.26. The standard InChI is InChI=1S/C26H32N4O4S/c1-18-5-8-24(35-18)26(32)30(13-14-33-3)17-21-15-20-6-7-22(34-4)16-23(20)27-25(21)29-11-9-28(10-12-29)19(2)31/h5-8,15-16H,9-14,17H2,1-4H3. The van der Waals surface area contributed by atoms with Gasteiger partial charge in [-0.05, 0) is 37.3 Å². The Kier molecular flexibility index (Phi) is 7.87. The highest BCUT2D eigenvalue weighted by Crippen LogP contribution is 2.29. The lowest BCUT2D eigenvalue weighted by atomic mass is 10.1. The number of benzene rings is 1. The second-order valence-electron chi connectivity index (χ2n) is 8.65. The minimum Gasteiger partial charge on any atom is -0.497 e. The van der Waals surface area contributed by atoms with Gasteiger partial charge in [-0.25, -0.2) is 4.98 Å². The van der Waals surface area contributed by atoms with Gasteiger partial charge in [-0.15, -0.1) is 11.3 Å². The lowest BCUT2D eigenvalue weighted by molar-refractivity contribution is -0.129. The predicted octanol–water partition coefficient (Wildman–Crippen LogP) is 3.57. The van der Waals surface area contributed by atoms with E-state index in [-0.39, 0.29) is 11.8 Å². The van der Waals surface area contributed by atoms with Crippen molar-refractivity contribution in [3.8, 4) is 5.75 Å². The summed E-state index contributed by atoms with van der Waals surface area (Å²) in [4.78, 5) is 38.0. The lowest BCUT2D eigenvalue weighted by Gasteiger charge is -2.36. The van der Waals surface area contributed by atoms with Crippen molar-refractivity contribution in [1.29, 1.82) is 0 Å².